The average Bonchev–Trinajstić information content (AvgIpc) is 2.55. The maximum Gasteiger partial charge on any atom is 0.0381 e. The van der Waals surface area contributed by atoms with Crippen molar-refractivity contribution in [1.82, 2.24) is 0 Å². The van der Waals surface area contributed by atoms with Crippen molar-refractivity contribution in [2.45, 2.75) is 45.4 Å². The summed E-state index contributed by atoms with van der Waals surface area (Å²) in [5.41, 5.74) is 4.18. The molecule has 0 nitrogen and oxygen atoms in total. The van der Waals surface area contributed by atoms with Gasteiger partial charge < -0.3 is 0 Å². The summed E-state index contributed by atoms with van der Waals surface area (Å²) in [6.07, 6.45) is 7.95. The van der Waals surface area contributed by atoms with Crippen LogP contribution in [0.5, 0.6) is 0 Å². The number of rotatable bonds is 6. The molecule has 21 heavy (non-hydrogen) atoms. The van der Waals surface area contributed by atoms with E-state index in [0.29, 0.717) is 0 Å². The van der Waals surface area contributed by atoms with Crippen molar-refractivity contribution in [2.24, 2.45) is 0 Å². The Morgan fingerprint density at radius 3 is 2.00 bits per heavy atom. The summed E-state index contributed by atoms with van der Waals surface area (Å²) in [5.74, 6) is 0. The van der Waals surface area contributed by atoms with E-state index in [0.717, 1.165) is 19.3 Å². The number of allylic oxidation sites excluding steroid dienone is 2. The predicted octanol–water partition coefficient (Wildman–Crippen LogP) is 5.91. The van der Waals surface area contributed by atoms with Gasteiger partial charge in [0, 0.05) is 5.41 Å². The summed E-state index contributed by atoms with van der Waals surface area (Å²) in [6, 6.07) is 20.0. The van der Waals surface area contributed by atoms with E-state index in [2.05, 4.69) is 87.5 Å². The molecule has 2 aromatic rings. The Morgan fingerprint density at radius 2 is 1.48 bits per heavy atom. The quantitative estimate of drug-likeness (QED) is 0.576. The SMILES string of the molecule is CC=CC(CCC)(c1ccccc1)c1ccc(CC)cc1. The summed E-state index contributed by atoms with van der Waals surface area (Å²) in [6.45, 7) is 6.59. The highest BCUT2D eigenvalue weighted by Crippen LogP contribution is 2.38. The molecule has 0 aromatic heterocycles. The number of hydrogen-bond acceptors (Lipinski definition) is 0. The van der Waals surface area contributed by atoms with Crippen LogP contribution >= 0.6 is 0 Å². The summed E-state index contributed by atoms with van der Waals surface area (Å²) < 4.78 is 0. The smallest absolute Gasteiger partial charge is 0.0381 e. The Morgan fingerprint density at radius 1 is 0.857 bits per heavy atom. The molecule has 0 spiro atoms. The second-order valence-electron chi connectivity index (χ2n) is 5.64. The van der Waals surface area contributed by atoms with Crippen LogP contribution in [0.15, 0.2) is 66.7 Å². The first-order valence-electron chi connectivity index (χ1n) is 8.05. The van der Waals surface area contributed by atoms with Crippen molar-refractivity contribution < 1.29 is 0 Å². The van der Waals surface area contributed by atoms with E-state index in [4.69, 9.17) is 0 Å². The van der Waals surface area contributed by atoms with E-state index in [1.165, 1.54) is 16.7 Å². The Bertz CT molecular complexity index is 563. The molecule has 0 bridgehead atoms. The Labute approximate surface area is 129 Å². The lowest BCUT2D eigenvalue weighted by Gasteiger charge is -2.32. The van der Waals surface area contributed by atoms with Crippen LogP contribution in [0, 0.1) is 0 Å². The molecule has 0 heterocycles. The first-order chi connectivity index (χ1) is 10.3. The number of benzene rings is 2. The van der Waals surface area contributed by atoms with E-state index in [-0.39, 0.29) is 5.41 Å². The second kappa shape index (κ2) is 7.26. The molecule has 2 aromatic carbocycles. The van der Waals surface area contributed by atoms with Crippen molar-refractivity contribution in [3.8, 4) is 0 Å². The minimum atomic E-state index is -0.00295. The maximum absolute atomic E-state index is 2.37. The van der Waals surface area contributed by atoms with Crippen molar-refractivity contribution in [3.63, 3.8) is 0 Å². The van der Waals surface area contributed by atoms with Crippen molar-refractivity contribution in [1.29, 1.82) is 0 Å². The zero-order chi connectivity index (χ0) is 15.1. The summed E-state index contributed by atoms with van der Waals surface area (Å²) >= 11 is 0. The van der Waals surface area contributed by atoms with Gasteiger partial charge in [-0.2, -0.15) is 0 Å². The van der Waals surface area contributed by atoms with Gasteiger partial charge >= 0.3 is 0 Å². The van der Waals surface area contributed by atoms with Gasteiger partial charge in [-0.1, -0.05) is 87.0 Å². The van der Waals surface area contributed by atoms with Crippen LogP contribution in [0.4, 0.5) is 0 Å². The average molecular weight is 278 g/mol. The first kappa shape index (κ1) is 15.6. The molecule has 1 atom stereocenters. The monoisotopic (exact) mass is 278 g/mol. The lowest BCUT2D eigenvalue weighted by Crippen LogP contribution is -2.25. The summed E-state index contributed by atoms with van der Waals surface area (Å²) in [7, 11) is 0. The zero-order valence-corrected chi connectivity index (χ0v) is 13.5. The molecule has 0 saturated carbocycles. The van der Waals surface area contributed by atoms with E-state index >= 15 is 0 Å². The molecule has 0 radical (unpaired) electrons. The van der Waals surface area contributed by atoms with E-state index in [1.807, 2.05) is 0 Å². The molecule has 110 valence electrons. The van der Waals surface area contributed by atoms with Gasteiger partial charge in [0.2, 0.25) is 0 Å². The second-order valence-corrected chi connectivity index (χ2v) is 5.64. The Hall–Kier alpha value is -1.82. The fourth-order valence-corrected chi connectivity index (χ4v) is 3.18. The van der Waals surface area contributed by atoms with E-state index < -0.39 is 0 Å². The highest BCUT2D eigenvalue weighted by Gasteiger charge is 2.30. The predicted molar refractivity (Wildman–Crippen MR) is 92.8 cm³/mol. The minimum absolute atomic E-state index is 0.00295. The lowest BCUT2D eigenvalue weighted by molar-refractivity contribution is 0.568. The van der Waals surface area contributed by atoms with Crippen LogP contribution in [-0.4, -0.2) is 0 Å². The number of hydrogen-bond donors (Lipinski definition) is 0. The molecule has 0 aliphatic heterocycles. The van der Waals surface area contributed by atoms with Gasteiger partial charge in [0.05, 0.1) is 0 Å². The first-order valence-corrected chi connectivity index (χ1v) is 8.05. The van der Waals surface area contributed by atoms with Gasteiger partial charge in [-0.15, -0.1) is 0 Å². The van der Waals surface area contributed by atoms with E-state index in [9.17, 15) is 0 Å². The molecule has 0 N–H and O–H groups in total. The van der Waals surface area contributed by atoms with Crippen LogP contribution in [0.1, 0.15) is 50.3 Å². The van der Waals surface area contributed by atoms with Gasteiger partial charge in [0.15, 0.2) is 0 Å². The fraction of sp³-hybridized carbons (Fsp3) is 0.333. The standard InChI is InChI=1S/C21H26/c1-4-16-21(17-5-2,19-10-8-7-9-11-19)20-14-12-18(6-3)13-15-20/h4,7-16H,5-6,17H2,1-3H3. The molecule has 2 rings (SSSR count). The minimum Gasteiger partial charge on any atom is -0.0904 e. The highest BCUT2D eigenvalue weighted by molar-refractivity contribution is 5.45. The third-order valence-corrected chi connectivity index (χ3v) is 4.26. The molecule has 0 fully saturated rings. The van der Waals surface area contributed by atoms with Crippen LogP contribution in [-0.2, 0) is 11.8 Å². The van der Waals surface area contributed by atoms with Crippen molar-refractivity contribution >= 4 is 0 Å². The van der Waals surface area contributed by atoms with Crippen LogP contribution in [0.25, 0.3) is 0 Å². The molecular weight excluding hydrogens is 252 g/mol. The lowest BCUT2D eigenvalue weighted by atomic mass is 9.71. The third-order valence-electron chi connectivity index (χ3n) is 4.26. The van der Waals surface area contributed by atoms with Gasteiger partial charge in [0.1, 0.15) is 0 Å². The summed E-state index contributed by atoms with van der Waals surface area (Å²) in [4.78, 5) is 0. The largest absolute Gasteiger partial charge is 0.0904 e. The van der Waals surface area contributed by atoms with Gasteiger partial charge in [-0.25, -0.2) is 0 Å². The molecule has 0 amide bonds. The highest BCUT2D eigenvalue weighted by atomic mass is 14.3. The third kappa shape index (κ3) is 3.26. The van der Waals surface area contributed by atoms with Crippen LogP contribution < -0.4 is 0 Å². The molecule has 0 aliphatic rings. The molecule has 0 aliphatic carbocycles. The molecule has 0 heteroatoms. The topological polar surface area (TPSA) is 0 Å². The fourth-order valence-electron chi connectivity index (χ4n) is 3.18. The van der Waals surface area contributed by atoms with Gasteiger partial charge in [-0.3, -0.25) is 0 Å². The Balaban J connectivity index is 2.57. The van der Waals surface area contributed by atoms with Crippen molar-refractivity contribution in [2.75, 3.05) is 0 Å². The molecule has 1 unspecified atom stereocenters. The normalized spacial score (nSPS) is 14.2. The number of aryl methyl sites for hydroxylation is 1. The molecule has 0 saturated heterocycles. The van der Waals surface area contributed by atoms with Crippen molar-refractivity contribution in [3.05, 3.63) is 83.4 Å². The molecular formula is C21H26. The van der Waals surface area contributed by atoms with Crippen LogP contribution in [0.2, 0.25) is 0 Å². The zero-order valence-electron chi connectivity index (χ0n) is 13.5. The van der Waals surface area contributed by atoms with E-state index in [1.54, 1.807) is 0 Å². The van der Waals surface area contributed by atoms with Gasteiger partial charge in [0.25, 0.3) is 0 Å². The Kier molecular flexibility index (Phi) is 5.38. The summed E-state index contributed by atoms with van der Waals surface area (Å²) in [5, 5.41) is 0. The maximum atomic E-state index is 2.37. The van der Waals surface area contributed by atoms with Gasteiger partial charge in [-0.05, 0) is 36.5 Å². The van der Waals surface area contributed by atoms with Crippen LogP contribution in [0.3, 0.4) is 0 Å².